The maximum atomic E-state index is 10.6. The fourth-order valence-electron chi connectivity index (χ4n) is 0.909. The van der Waals surface area contributed by atoms with Crippen molar-refractivity contribution in [1.82, 2.24) is 0 Å². The standard InChI is InChI=1S/C9H10O4.H2O/c1-9(13,8(11)12)6-2-4-7(10)5-3-6;/h2-5,10,13H,1H3,(H,11,12);1H2. The van der Waals surface area contributed by atoms with Crippen LogP contribution in [0.2, 0.25) is 0 Å². The lowest BCUT2D eigenvalue weighted by atomic mass is 9.96. The van der Waals surface area contributed by atoms with Crippen LogP contribution in [0.15, 0.2) is 24.3 Å². The third-order valence-electron chi connectivity index (χ3n) is 1.85. The number of carboxylic acids is 1. The number of aliphatic carboxylic acids is 1. The van der Waals surface area contributed by atoms with E-state index in [0.29, 0.717) is 0 Å². The first kappa shape index (κ1) is 12.4. The Morgan fingerprint density at radius 2 is 1.71 bits per heavy atom. The van der Waals surface area contributed by atoms with Gasteiger partial charge in [0.05, 0.1) is 0 Å². The van der Waals surface area contributed by atoms with Gasteiger partial charge in [-0.15, -0.1) is 0 Å². The van der Waals surface area contributed by atoms with Crippen LogP contribution in [-0.2, 0) is 10.4 Å². The van der Waals surface area contributed by atoms with Crippen LogP contribution in [0.1, 0.15) is 12.5 Å². The fraction of sp³-hybridized carbons (Fsp3) is 0.222. The molecule has 78 valence electrons. The zero-order chi connectivity index (χ0) is 10.1. The summed E-state index contributed by atoms with van der Waals surface area (Å²) in [4.78, 5) is 10.6. The minimum absolute atomic E-state index is 0. The number of aromatic hydroxyl groups is 1. The Kier molecular flexibility index (Phi) is 3.62. The van der Waals surface area contributed by atoms with Crippen molar-refractivity contribution in [3.8, 4) is 5.75 Å². The quantitative estimate of drug-likeness (QED) is 0.617. The van der Waals surface area contributed by atoms with Crippen LogP contribution < -0.4 is 0 Å². The number of carboxylic acid groups (broad SMARTS) is 1. The van der Waals surface area contributed by atoms with Gasteiger partial charge in [-0.1, -0.05) is 12.1 Å². The second-order valence-corrected chi connectivity index (χ2v) is 2.92. The van der Waals surface area contributed by atoms with E-state index < -0.39 is 11.6 Å². The Hall–Kier alpha value is -1.59. The average molecular weight is 200 g/mol. The van der Waals surface area contributed by atoms with Crippen LogP contribution in [-0.4, -0.2) is 26.8 Å². The van der Waals surface area contributed by atoms with Crippen LogP contribution in [0, 0.1) is 0 Å². The van der Waals surface area contributed by atoms with Gasteiger partial charge in [-0.3, -0.25) is 0 Å². The van der Waals surface area contributed by atoms with Gasteiger partial charge in [0.1, 0.15) is 5.75 Å². The molecule has 0 fully saturated rings. The zero-order valence-electron chi connectivity index (χ0n) is 7.56. The molecule has 0 aliphatic heterocycles. The molecule has 5 N–H and O–H groups in total. The number of carbonyl (C=O) groups is 1. The third-order valence-corrected chi connectivity index (χ3v) is 1.85. The van der Waals surface area contributed by atoms with Gasteiger partial charge in [-0.2, -0.15) is 0 Å². The number of hydrogen-bond acceptors (Lipinski definition) is 3. The number of rotatable bonds is 2. The number of aliphatic hydroxyl groups is 1. The summed E-state index contributed by atoms with van der Waals surface area (Å²) >= 11 is 0. The third kappa shape index (κ3) is 2.21. The van der Waals surface area contributed by atoms with Gasteiger partial charge in [0, 0.05) is 0 Å². The minimum Gasteiger partial charge on any atom is -0.508 e. The van der Waals surface area contributed by atoms with Crippen molar-refractivity contribution in [3.05, 3.63) is 29.8 Å². The minimum atomic E-state index is -1.91. The highest BCUT2D eigenvalue weighted by Gasteiger charge is 2.31. The highest BCUT2D eigenvalue weighted by atomic mass is 16.4. The Balaban J connectivity index is 0.00000169. The first-order valence-corrected chi connectivity index (χ1v) is 3.70. The molecular formula is C9H12O5. The van der Waals surface area contributed by atoms with E-state index in [4.69, 9.17) is 10.2 Å². The molecule has 14 heavy (non-hydrogen) atoms. The Morgan fingerprint density at radius 1 is 1.29 bits per heavy atom. The lowest BCUT2D eigenvalue weighted by Gasteiger charge is -2.17. The molecule has 1 aromatic carbocycles. The smallest absolute Gasteiger partial charge is 0.340 e. The molecule has 1 atom stereocenters. The molecule has 5 nitrogen and oxygen atoms in total. The monoisotopic (exact) mass is 200 g/mol. The first-order valence-electron chi connectivity index (χ1n) is 3.70. The fourth-order valence-corrected chi connectivity index (χ4v) is 0.909. The molecule has 0 aliphatic carbocycles. The summed E-state index contributed by atoms with van der Waals surface area (Å²) in [7, 11) is 0. The van der Waals surface area contributed by atoms with Crippen LogP contribution in [0.5, 0.6) is 5.75 Å². The maximum Gasteiger partial charge on any atom is 0.340 e. The summed E-state index contributed by atoms with van der Waals surface area (Å²) in [6, 6.07) is 5.38. The van der Waals surface area contributed by atoms with E-state index in [-0.39, 0.29) is 16.8 Å². The SMILES string of the molecule is CC(O)(C(=O)O)c1ccc(O)cc1.O. The van der Waals surface area contributed by atoms with E-state index in [1.165, 1.54) is 31.2 Å². The zero-order valence-corrected chi connectivity index (χ0v) is 7.56. The first-order chi connectivity index (χ1) is 5.94. The second kappa shape index (κ2) is 4.08. The summed E-state index contributed by atoms with van der Waals surface area (Å²) in [5, 5.41) is 27.1. The van der Waals surface area contributed by atoms with Crippen LogP contribution in [0.3, 0.4) is 0 Å². The van der Waals surface area contributed by atoms with Crippen LogP contribution in [0.4, 0.5) is 0 Å². The molecule has 5 heteroatoms. The van der Waals surface area contributed by atoms with E-state index in [0.717, 1.165) is 0 Å². The summed E-state index contributed by atoms with van der Waals surface area (Å²) in [6.45, 7) is 1.18. The van der Waals surface area contributed by atoms with Gasteiger partial charge in [0.2, 0.25) is 0 Å². The second-order valence-electron chi connectivity index (χ2n) is 2.92. The van der Waals surface area contributed by atoms with E-state index in [1.54, 1.807) is 0 Å². The maximum absolute atomic E-state index is 10.6. The highest BCUT2D eigenvalue weighted by molar-refractivity contribution is 5.78. The molecular weight excluding hydrogens is 188 g/mol. The van der Waals surface area contributed by atoms with E-state index >= 15 is 0 Å². The lowest BCUT2D eigenvalue weighted by Crippen LogP contribution is -2.31. The lowest BCUT2D eigenvalue weighted by molar-refractivity contribution is -0.157. The Labute approximate surface area is 80.6 Å². The molecule has 0 aromatic heterocycles. The summed E-state index contributed by atoms with van der Waals surface area (Å²) in [5.74, 6) is -1.29. The van der Waals surface area contributed by atoms with Crippen molar-refractivity contribution in [3.63, 3.8) is 0 Å². The summed E-state index contributed by atoms with van der Waals surface area (Å²) in [5.41, 5.74) is -1.67. The number of hydrogen-bond donors (Lipinski definition) is 3. The van der Waals surface area contributed by atoms with Crippen molar-refractivity contribution in [1.29, 1.82) is 0 Å². The van der Waals surface area contributed by atoms with Gasteiger partial charge in [0.25, 0.3) is 0 Å². The van der Waals surface area contributed by atoms with Gasteiger partial charge < -0.3 is 20.8 Å². The number of phenols is 1. The molecule has 0 saturated heterocycles. The summed E-state index contributed by atoms with van der Waals surface area (Å²) < 4.78 is 0. The molecule has 0 heterocycles. The number of benzene rings is 1. The van der Waals surface area contributed by atoms with Crippen molar-refractivity contribution in [2.75, 3.05) is 0 Å². The van der Waals surface area contributed by atoms with Crippen molar-refractivity contribution in [2.24, 2.45) is 0 Å². The molecule has 0 amide bonds. The van der Waals surface area contributed by atoms with Crippen LogP contribution in [0.25, 0.3) is 0 Å². The molecule has 1 unspecified atom stereocenters. The topological polar surface area (TPSA) is 109 Å². The average Bonchev–Trinajstić information content (AvgIpc) is 2.04. The van der Waals surface area contributed by atoms with E-state index in [9.17, 15) is 9.90 Å². The molecule has 1 rings (SSSR count). The highest BCUT2D eigenvalue weighted by Crippen LogP contribution is 2.22. The molecule has 1 aromatic rings. The van der Waals surface area contributed by atoms with Crippen molar-refractivity contribution in [2.45, 2.75) is 12.5 Å². The van der Waals surface area contributed by atoms with Gasteiger partial charge in [0.15, 0.2) is 5.60 Å². The number of phenolic OH excluding ortho intramolecular Hbond substituents is 1. The van der Waals surface area contributed by atoms with Gasteiger partial charge in [-0.25, -0.2) is 4.79 Å². The largest absolute Gasteiger partial charge is 0.508 e. The molecule has 0 aliphatic rings. The predicted octanol–water partition coefficient (Wildman–Crippen LogP) is -0.140. The van der Waals surface area contributed by atoms with Crippen molar-refractivity contribution >= 4 is 5.97 Å². The van der Waals surface area contributed by atoms with E-state index in [1.807, 2.05) is 0 Å². The molecule has 0 bridgehead atoms. The van der Waals surface area contributed by atoms with Crippen LogP contribution >= 0.6 is 0 Å². The van der Waals surface area contributed by atoms with E-state index in [2.05, 4.69) is 0 Å². The molecule has 0 radical (unpaired) electrons. The van der Waals surface area contributed by atoms with Gasteiger partial charge in [-0.05, 0) is 24.6 Å². The van der Waals surface area contributed by atoms with Crippen molar-refractivity contribution < 1.29 is 25.6 Å². The summed E-state index contributed by atoms with van der Waals surface area (Å²) in [6.07, 6.45) is 0. The van der Waals surface area contributed by atoms with Gasteiger partial charge >= 0.3 is 5.97 Å². The Bertz CT molecular complexity index is 314. The molecule has 0 saturated carbocycles. The molecule has 0 spiro atoms. The predicted molar refractivity (Wildman–Crippen MR) is 48.9 cm³/mol. The Morgan fingerprint density at radius 3 is 2.07 bits per heavy atom. The normalized spacial score (nSPS) is 13.9.